The van der Waals surface area contributed by atoms with Crippen LogP contribution in [0.15, 0.2) is 23.1 Å². The van der Waals surface area contributed by atoms with Crippen LogP contribution >= 0.6 is 0 Å². The molecule has 0 aliphatic rings. The Bertz CT molecular complexity index is 595. The predicted molar refractivity (Wildman–Crippen MR) is 99.2 cm³/mol. The Morgan fingerprint density at radius 1 is 0.880 bits per heavy atom. The van der Waals surface area contributed by atoms with Crippen LogP contribution in [0.4, 0.5) is 0 Å². The van der Waals surface area contributed by atoms with Crippen molar-refractivity contribution in [3.05, 3.63) is 29.3 Å². The molecule has 0 aliphatic heterocycles. The van der Waals surface area contributed by atoms with Gasteiger partial charge in [0, 0.05) is 0 Å². The van der Waals surface area contributed by atoms with E-state index in [2.05, 4.69) is 27.7 Å². The van der Waals surface area contributed by atoms with E-state index in [4.69, 9.17) is 0 Å². The van der Waals surface area contributed by atoms with Crippen LogP contribution in [0.3, 0.4) is 0 Å². The summed E-state index contributed by atoms with van der Waals surface area (Å²) in [7, 11) is -4.40. The molecule has 0 saturated carbocycles. The smallest absolute Gasteiger partial charge is 0.744 e. The second-order valence-corrected chi connectivity index (χ2v) is 8.98. The Hall–Kier alpha value is 0.130. The zero-order valence-corrected chi connectivity index (χ0v) is 19.5. The minimum Gasteiger partial charge on any atom is -0.744 e. The van der Waals surface area contributed by atoms with E-state index in [1.54, 1.807) is 6.07 Å². The van der Waals surface area contributed by atoms with Gasteiger partial charge in [-0.25, -0.2) is 8.42 Å². The van der Waals surface area contributed by atoms with Crippen molar-refractivity contribution >= 4 is 10.1 Å². The molecule has 0 fully saturated rings. The molecule has 3 nitrogen and oxygen atoms in total. The summed E-state index contributed by atoms with van der Waals surface area (Å²) >= 11 is 0. The fourth-order valence-corrected chi connectivity index (χ4v) is 3.87. The van der Waals surface area contributed by atoms with Gasteiger partial charge in [-0.1, -0.05) is 65.5 Å². The molecular formula is C20H33NaO3S. The third kappa shape index (κ3) is 10.1. The summed E-state index contributed by atoms with van der Waals surface area (Å²) in [5.41, 5.74) is 1.81. The minimum atomic E-state index is -4.40. The van der Waals surface area contributed by atoms with Crippen LogP contribution in [-0.4, -0.2) is 13.0 Å². The van der Waals surface area contributed by atoms with Crippen LogP contribution in [0.5, 0.6) is 0 Å². The van der Waals surface area contributed by atoms with Crippen LogP contribution in [0.1, 0.15) is 77.3 Å². The fourth-order valence-electron chi connectivity index (χ4n) is 3.09. The number of benzene rings is 1. The van der Waals surface area contributed by atoms with Crippen LogP contribution in [0, 0.1) is 11.8 Å². The van der Waals surface area contributed by atoms with Crippen molar-refractivity contribution in [1.82, 2.24) is 0 Å². The van der Waals surface area contributed by atoms with E-state index in [-0.39, 0.29) is 34.5 Å². The number of aryl methyl sites for hydroxylation is 1. The first-order valence-corrected chi connectivity index (χ1v) is 10.7. The topological polar surface area (TPSA) is 57.2 Å². The van der Waals surface area contributed by atoms with Gasteiger partial charge < -0.3 is 4.55 Å². The summed E-state index contributed by atoms with van der Waals surface area (Å²) in [6, 6.07) is 5.17. The van der Waals surface area contributed by atoms with Crippen LogP contribution < -0.4 is 29.6 Å². The minimum absolute atomic E-state index is 0. The standard InChI is InChI=1S/C20H34O3S.Na/c1-16(2)10-5-7-12-18-13-9-15-20(24(21,22)23)19(18)14-8-6-11-17(3)4;/h9,13,15-17H,5-8,10-12,14H2,1-4H3,(H,21,22,23);/q;+1/p-1. The van der Waals surface area contributed by atoms with E-state index in [0.717, 1.165) is 49.7 Å². The summed E-state index contributed by atoms with van der Waals surface area (Å²) in [5.74, 6) is 1.34. The van der Waals surface area contributed by atoms with Gasteiger partial charge in [-0.15, -0.1) is 0 Å². The number of hydrogen-bond acceptors (Lipinski definition) is 3. The zero-order chi connectivity index (χ0) is 18.2. The fraction of sp³-hybridized carbons (Fsp3) is 0.700. The van der Waals surface area contributed by atoms with Gasteiger partial charge in [0.05, 0.1) is 4.90 Å². The maximum Gasteiger partial charge on any atom is 1.00 e. The molecule has 0 N–H and O–H groups in total. The predicted octanol–water partition coefficient (Wildman–Crippen LogP) is 2.33. The molecule has 0 spiro atoms. The Labute approximate surface area is 177 Å². The molecule has 0 atom stereocenters. The van der Waals surface area contributed by atoms with E-state index >= 15 is 0 Å². The molecule has 5 heteroatoms. The van der Waals surface area contributed by atoms with E-state index < -0.39 is 10.1 Å². The first-order chi connectivity index (χ1) is 11.2. The largest absolute Gasteiger partial charge is 1.00 e. The van der Waals surface area contributed by atoms with Gasteiger partial charge in [0.2, 0.25) is 0 Å². The Morgan fingerprint density at radius 2 is 1.40 bits per heavy atom. The van der Waals surface area contributed by atoms with Crippen LogP contribution in [0.25, 0.3) is 0 Å². The molecule has 0 saturated heterocycles. The van der Waals surface area contributed by atoms with Crippen LogP contribution in [0.2, 0.25) is 0 Å². The Morgan fingerprint density at radius 3 is 1.88 bits per heavy atom. The summed E-state index contributed by atoms with van der Waals surface area (Å²) in [6.45, 7) is 8.81. The summed E-state index contributed by atoms with van der Waals surface area (Å²) in [4.78, 5) is -0.00611. The number of rotatable bonds is 11. The van der Waals surface area contributed by atoms with Gasteiger partial charge in [-0.2, -0.15) is 0 Å². The normalized spacial score (nSPS) is 11.8. The van der Waals surface area contributed by atoms with Crippen molar-refractivity contribution in [2.24, 2.45) is 11.8 Å². The molecule has 0 aromatic heterocycles. The maximum atomic E-state index is 11.6. The van der Waals surface area contributed by atoms with Crippen molar-refractivity contribution in [3.8, 4) is 0 Å². The molecule has 0 bridgehead atoms. The van der Waals surface area contributed by atoms with E-state index in [0.29, 0.717) is 18.3 Å². The molecule has 1 aromatic rings. The molecule has 0 amide bonds. The second kappa shape index (κ2) is 12.5. The first-order valence-electron chi connectivity index (χ1n) is 9.28. The molecule has 0 radical (unpaired) electrons. The molecule has 0 aliphatic carbocycles. The second-order valence-electron chi connectivity index (χ2n) is 7.63. The zero-order valence-electron chi connectivity index (χ0n) is 16.7. The summed E-state index contributed by atoms with van der Waals surface area (Å²) in [5, 5.41) is 0. The number of hydrogen-bond donors (Lipinski definition) is 0. The molecule has 0 unspecified atom stereocenters. The molecule has 138 valence electrons. The van der Waals surface area contributed by atoms with Crippen molar-refractivity contribution in [3.63, 3.8) is 0 Å². The molecule has 0 heterocycles. The monoisotopic (exact) mass is 376 g/mol. The van der Waals surface area contributed by atoms with Gasteiger partial charge >= 0.3 is 29.6 Å². The summed E-state index contributed by atoms with van der Waals surface area (Å²) in [6.07, 6.45) is 8.04. The quantitative estimate of drug-likeness (QED) is 0.338. The van der Waals surface area contributed by atoms with Gasteiger partial charge in [0.15, 0.2) is 0 Å². The van der Waals surface area contributed by atoms with Gasteiger partial charge in [-0.3, -0.25) is 0 Å². The average Bonchev–Trinajstić information content (AvgIpc) is 2.47. The van der Waals surface area contributed by atoms with Crippen molar-refractivity contribution < 1.29 is 42.5 Å². The molecular weight excluding hydrogens is 343 g/mol. The van der Waals surface area contributed by atoms with Gasteiger partial charge in [-0.05, 0) is 54.7 Å². The Kier molecular flexibility index (Phi) is 12.6. The SMILES string of the molecule is CC(C)CCCCc1cccc(S(=O)(=O)[O-])c1CCCCC(C)C.[Na+]. The van der Waals surface area contributed by atoms with Gasteiger partial charge in [0.1, 0.15) is 10.1 Å². The molecule has 25 heavy (non-hydrogen) atoms. The third-order valence-electron chi connectivity index (χ3n) is 4.44. The van der Waals surface area contributed by atoms with Gasteiger partial charge in [0.25, 0.3) is 0 Å². The van der Waals surface area contributed by atoms with Crippen molar-refractivity contribution in [1.29, 1.82) is 0 Å². The Balaban J connectivity index is 0.00000576. The third-order valence-corrected chi connectivity index (χ3v) is 5.36. The maximum absolute atomic E-state index is 11.6. The molecule has 1 rings (SSSR count). The van der Waals surface area contributed by atoms with Crippen molar-refractivity contribution in [2.45, 2.75) is 84.0 Å². The van der Waals surface area contributed by atoms with Crippen LogP contribution in [-0.2, 0) is 23.0 Å². The van der Waals surface area contributed by atoms with E-state index in [1.807, 2.05) is 6.07 Å². The van der Waals surface area contributed by atoms with E-state index in [1.165, 1.54) is 12.5 Å². The van der Waals surface area contributed by atoms with Crippen molar-refractivity contribution in [2.75, 3.05) is 0 Å². The molecule has 1 aromatic carbocycles. The van der Waals surface area contributed by atoms with E-state index in [9.17, 15) is 13.0 Å². The summed E-state index contributed by atoms with van der Waals surface area (Å²) < 4.78 is 34.8. The average molecular weight is 377 g/mol. The first kappa shape index (κ1) is 25.1. The number of unbranched alkanes of at least 4 members (excludes halogenated alkanes) is 2.